The predicted molar refractivity (Wildman–Crippen MR) is 70.1 cm³/mol. The summed E-state index contributed by atoms with van der Waals surface area (Å²) >= 11 is 9.35. The molecule has 0 heterocycles. The van der Waals surface area contributed by atoms with Crippen LogP contribution < -0.4 is 0 Å². The fraction of sp³-hybridized carbons (Fsp3) is 0.0769. The van der Waals surface area contributed by atoms with Crippen molar-refractivity contribution in [2.45, 2.75) is 6.42 Å². The van der Waals surface area contributed by atoms with Crippen molar-refractivity contribution in [1.29, 1.82) is 0 Å². The minimum atomic E-state index is 0.102. The lowest BCUT2D eigenvalue weighted by Crippen LogP contribution is -1.89. The van der Waals surface area contributed by atoms with Gasteiger partial charge in [0.1, 0.15) is 5.75 Å². The maximum atomic E-state index is 9.43. The van der Waals surface area contributed by atoms with E-state index >= 15 is 0 Å². The highest BCUT2D eigenvalue weighted by Gasteiger charge is 2.08. The van der Waals surface area contributed by atoms with Crippen molar-refractivity contribution in [3.8, 4) is 5.75 Å². The lowest BCUT2D eigenvalue weighted by atomic mass is 10.1. The number of aromatic hydroxyl groups is 1. The molecule has 0 spiro atoms. The van der Waals surface area contributed by atoms with E-state index in [1.165, 1.54) is 5.56 Å². The summed E-state index contributed by atoms with van der Waals surface area (Å²) in [5.74, 6) is 0.102. The van der Waals surface area contributed by atoms with Crippen LogP contribution >= 0.6 is 27.5 Å². The van der Waals surface area contributed by atoms with E-state index in [-0.39, 0.29) is 5.75 Å². The number of halogens is 2. The Hall–Kier alpha value is -0.990. The van der Waals surface area contributed by atoms with Gasteiger partial charge in [0, 0.05) is 4.47 Å². The highest BCUT2D eigenvalue weighted by molar-refractivity contribution is 9.10. The molecule has 1 nitrogen and oxygen atoms in total. The van der Waals surface area contributed by atoms with Crippen LogP contribution in [0.3, 0.4) is 0 Å². The van der Waals surface area contributed by atoms with Crippen molar-refractivity contribution in [1.82, 2.24) is 0 Å². The number of phenolic OH excluding ortho intramolecular Hbond substituents is 1. The molecule has 2 rings (SSSR count). The quantitative estimate of drug-likeness (QED) is 0.871. The van der Waals surface area contributed by atoms with Crippen molar-refractivity contribution in [3.63, 3.8) is 0 Å². The molecule has 0 atom stereocenters. The molecular weight excluding hydrogens is 287 g/mol. The first-order valence-corrected chi connectivity index (χ1v) is 6.05. The molecule has 0 aliphatic heterocycles. The minimum Gasteiger partial charge on any atom is -0.506 e. The van der Waals surface area contributed by atoms with Crippen molar-refractivity contribution in [2.24, 2.45) is 0 Å². The third kappa shape index (κ3) is 2.39. The molecule has 3 heteroatoms. The van der Waals surface area contributed by atoms with E-state index in [0.29, 0.717) is 5.02 Å². The van der Waals surface area contributed by atoms with E-state index in [2.05, 4.69) is 28.1 Å². The van der Waals surface area contributed by atoms with Gasteiger partial charge in [-0.3, -0.25) is 0 Å². The zero-order valence-corrected chi connectivity index (χ0v) is 10.8. The SMILES string of the molecule is Oc1ccc(Cc2ccccc2)c(Br)c1Cl. The van der Waals surface area contributed by atoms with Crippen LogP contribution in [0.5, 0.6) is 5.75 Å². The molecule has 0 saturated heterocycles. The average Bonchev–Trinajstić information content (AvgIpc) is 2.31. The van der Waals surface area contributed by atoms with Gasteiger partial charge in [0.2, 0.25) is 0 Å². The summed E-state index contributed by atoms with van der Waals surface area (Å²) in [6, 6.07) is 13.6. The Morgan fingerprint density at radius 3 is 2.44 bits per heavy atom. The largest absolute Gasteiger partial charge is 0.506 e. The van der Waals surface area contributed by atoms with Crippen LogP contribution in [0.1, 0.15) is 11.1 Å². The lowest BCUT2D eigenvalue weighted by molar-refractivity contribution is 0.475. The fourth-order valence-electron chi connectivity index (χ4n) is 1.53. The topological polar surface area (TPSA) is 20.2 Å². The number of rotatable bonds is 2. The minimum absolute atomic E-state index is 0.102. The monoisotopic (exact) mass is 296 g/mol. The highest BCUT2D eigenvalue weighted by atomic mass is 79.9. The Bertz CT molecular complexity index is 497. The molecule has 2 aromatic rings. The number of phenols is 1. The maximum Gasteiger partial charge on any atom is 0.135 e. The van der Waals surface area contributed by atoms with Crippen LogP contribution in [0, 0.1) is 0 Å². The normalized spacial score (nSPS) is 10.4. The number of hydrogen-bond donors (Lipinski definition) is 1. The Kier molecular flexibility index (Phi) is 3.52. The lowest BCUT2D eigenvalue weighted by Gasteiger charge is -2.07. The van der Waals surface area contributed by atoms with Crippen LogP contribution in [0.15, 0.2) is 46.9 Å². The second-order valence-electron chi connectivity index (χ2n) is 3.53. The van der Waals surface area contributed by atoms with Gasteiger partial charge in [0.25, 0.3) is 0 Å². The second kappa shape index (κ2) is 4.89. The third-order valence-electron chi connectivity index (χ3n) is 2.38. The number of hydrogen-bond acceptors (Lipinski definition) is 1. The summed E-state index contributed by atoms with van der Waals surface area (Å²) in [5, 5.41) is 9.80. The molecule has 0 unspecified atom stereocenters. The van der Waals surface area contributed by atoms with Crippen molar-refractivity contribution >= 4 is 27.5 Å². The van der Waals surface area contributed by atoms with Crippen molar-refractivity contribution < 1.29 is 5.11 Å². The Labute approximate surface area is 108 Å². The summed E-state index contributed by atoms with van der Waals surface area (Å²) in [5.41, 5.74) is 2.28. The van der Waals surface area contributed by atoms with Crippen LogP contribution in [-0.2, 0) is 6.42 Å². The smallest absolute Gasteiger partial charge is 0.135 e. The molecule has 0 radical (unpaired) electrons. The third-order valence-corrected chi connectivity index (χ3v) is 3.90. The van der Waals surface area contributed by atoms with Gasteiger partial charge in [-0.2, -0.15) is 0 Å². The molecule has 2 aromatic carbocycles. The molecule has 0 aliphatic rings. The molecule has 0 fully saturated rings. The Morgan fingerprint density at radius 1 is 1.06 bits per heavy atom. The fourth-order valence-corrected chi connectivity index (χ4v) is 2.19. The second-order valence-corrected chi connectivity index (χ2v) is 4.71. The van der Waals surface area contributed by atoms with Crippen LogP contribution in [0.4, 0.5) is 0 Å². The van der Waals surface area contributed by atoms with Crippen LogP contribution in [0.2, 0.25) is 5.02 Å². The molecule has 0 amide bonds. The molecular formula is C13H10BrClO. The molecule has 0 aliphatic carbocycles. The molecule has 82 valence electrons. The van der Waals surface area contributed by atoms with Gasteiger partial charge in [-0.15, -0.1) is 0 Å². The van der Waals surface area contributed by atoms with Gasteiger partial charge in [-0.05, 0) is 39.5 Å². The molecule has 0 bridgehead atoms. The molecule has 0 saturated carbocycles. The van der Waals surface area contributed by atoms with Gasteiger partial charge in [0.15, 0.2) is 0 Å². The standard InChI is InChI=1S/C13H10BrClO/c14-12-10(6-7-11(16)13(12)15)8-9-4-2-1-3-5-9/h1-7,16H,8H2. The summed E-state index contributed by atoms with van der Waals surface area (Å²) in [6.07, 6.45) is 0.793. The molecule has 16 heavy (non-hydrogen) atoms. The van der Waals surface area contributed by atoms with Crippen LogP contribution in [0.25, 0.3) is 0 Å². The maximum absolute atomic E-state index is 9.43. The summed E-state index contributed by atoms with van der Waals surface area (Å²) in [6.45, 7) is 0. The zero-order valence-electron chi connectivity index (χ0n) is 8.45. The summed E-state index contributed by atoms with van der Waals surface area (Å²) < 4.78 is 0.762. The Balaban J connectivity index is 2.33. The summed E-state index contributed by atoms with van der Waals surface area (Å²) in [7, 11) is 0. The van der Waals surface area contributed by atoms with E-state index in [0.717, 1.165) is 16.5 Å². The van der Waals surface area contributed by atoms with Gasteiger partial charge >= 0.3 is 0 Å². The van der Waals surface area contributed by atoms with Gasteiger partial charge in [-0.25, -0.2) is 0 Å². The van der Waals surface area contributed by atoms with Crippen LogP contribution in [-0.4, -0.2) is 5.11 Å². The molecule has 1 N–H and O–H groups in total. The number of benzene rings is 2. The van der Waals surface area contributed by atoms with Crippen molar-refractivity contribution in [3.05, 3.63) is 63.1 Å². The van der Waals surface area contributed by atoms with E-state index in [9.17, 15) is 5.11 Å². The van der Waals surface area contributed by atoms with Gasteiger partial charge < -0.3 is 5.11 Å². The van der Waals surface area contributed by atoms with E-state index in [1.807, 2.05) is 24.3 Å². The first-order chi connectivity index (χ1) is 7.68. The first kappa shape index (κ1) is 11.5. The van der Waals surface area contributed by atoms with E-state index in [4.69, 9.17) is 11.6 Å². The molecule has 0 aromatic heterocycles. The van der Waals surface area contributed by atoms with Gasteiger partial charge in [0.05, 0.1) is 5.02 Å². The first-order valence-electron chi connectivity index (χ1n) is 4.88. The van der Waals surface area contributed by atoms with E-state index < -0.39 is 0 Å². The van der Waals surface area contributed by atoms with Crippen molar-refractivity contribution in [2.75, 3.05) is 0 Å². The van der Waals surface area contributed by atoms with E-state index in [1.54, 1.807) is 6.07 Å². The van der Waals surface area contributed by atoms with Gasteiger partial charge in [-0.1, -0.05) is 48.0 Å². The highest BCUT2D eigenvalue weighted by Crippen LogP contribution is 2.34. The summed E-state index contributed by atoms with van der Waals surface area (Å²) in [4.78, 5) is 0. The zero-order chi connectivity index (χ0) is 11.5. The average molecular weight is 298 g/mol. The predicted octanol–water partition coefficient (Wildman–Crippen LogP) is 4.40. The Morgan fingerprint density at radius 2 is 1.75 bits per heavy atom.